The van der Waals surface area contributed by atoms with E-state index in [-0.39, 0.29) is 0 Å². The minimum absolute atomic E-state index is 0.892. The van der Waals surface area contributed by atoms with Crippen LogP contribution in [0, 0.1) is 5.92 Å². The average Bonchev–Trinajstić information content (AvgIpc) is 2.45. The molecule has 106 valence electrons. The fraction of sp³-hybridized carbons (Fsp3) is 0.625. The minimum atomic E-state index is 0.892. The first-order valence-electron chi connectivity index (χ1n) is 7.38. The fourth-order valence-electron chi connectivity index (χ4n) is 2.66. The van der Waals surface area contributed by atoms with E-state index in [0.717, 1.165) is 23.4 Å². The first kappa shape index (κ1) is 15.0. The Hall–Kier alpha value is -0.380. The molecule has 2 rings (SSSR count). The Morgan fingerprint density at radius 3 is 2.74 bits per heavy atom. The van der Waals surface area contributed by atoms with Crippen LogP contribution >= 0.6 is 15.9 Å². The molecule has 1 aliphatic rings. The largest absolute Gasteiger partial charge is 0.316 e. The molecular formula is C16H25BrN2. The van der Waals surface area contributed by atoms with Crippen molar-refractivity contribution >= 4 is 15.9 Å². The van der Waals surface area contributed by atoms with E-state index < -0.39 is 0 Å². The molecular weight excluding hydrogens is 300 g/mol. The molecule has 0 aromatic heterocycles. The monoisotopic (exact) mass is 324 g/mol. The number of nitrogens with zero attached hydrogens (tertiary/aromatic N) is 1. The van der Waals surface area contributed by atoms with E-state index in [9.17, 15) is 0 Å². The summed E-state index contributed by atoms with van der Waals surface area (Å²) in [6.07, 6.45) is 5.25. The normalized spacial score (nSPS) is 19.8. The maximum absolute atomic E-state index is 3.50. The van der Waals surface area contributed by atoms with Gasteiger partial charge in [0.05, 0.1) is 0 Å². The smallest absolute Gasteiger partial charge is 0.0175 e. The van der Waals surface area contributed by atoms with E-state index in [2.05, 4.69) is 57.5 Å². The maximum Gasteiger partial charge on any atom is 0.0175 e. The number of hydrogen-bond donors (Lipinski definition) is 1. The van der Waals surface area contributed by atoms with Crippen molar-refractivity contribution in [2.75, 3.05) is 33.2 Å². The molecule has 0 spiro atoms. The molecule has 19 heavy (non-hydrogen) atoms. The van der Waals surface area contributed by atoms with Crippen LogP contribution < -0.4 is 5.32 Å². The summed E-state index contributed by atoms with van der Waals surface area (Å²) in [5.74, 6) is 0.892. The number of likely N-dealkylation sites (N-methyl/N-ethyl adjacent to an activating group) is 1. The molecule has 0 saturated carbocycles. The molecule has 1 saturated heterocycles. The van der Waals surface area contributed by atoms with Crippen molar-refractivity contribution in [3.05, 3.63) is 34.3 Å². The molecule has 0 radical (unpaired) electrons. The molecule has 0 bridgehead atoms. The maximum atomic E-state index is 3.50. The van der Waals surface area contributed by atoms with E-state index in [1.165, 1.54) is 44.5 Å². The van der Waals surface area contributed by atoms with Crippen LogP contribution in [0.1, 0.15) is 24.8 Å². The molecule has 1 heterocycles. The van der Waals surface area contributed by atoms with Crippen molar-refractivity contribution in [2.45, 2.75) is 25.7 Å². The van der Waals surface area contributed by atoms with Gasteiger partial charge in [-0.25, -0.2) is 0 Å². The van der Waals surface area contributed by atoms with Crippen LogP contribution in [-0.4, -0.2) is 38.1 Å². The fourth-order valence-corrected chi connectivity index (χ4v) is 2.92. The summed E-state index contributed by atoms with van der Waals surface area (Å²) >= 11 is 3.48. The minimum Gasteiger partial charge on any atom is -0.316 e. The predicted octanol–water partition coefficient (Wildman–Crippen LogP) is 3.31. The van der Waals surface area contributed by atoms with Crippen molar-refractivity contribution in [3.63, 3.8) is 0 Å². The van der Waals surface area contributed by atoms with Gasteiger partial charge in [0.2, 0.25) is 0 Å². The molecule has 2 nitrogen and oxygen atoms in total. The van der Waals surface area contributed by atoms with E-state index in [1.807, 2.05) is 0 Å². The highest BCUT2D eigenvalue weighted by Gasteiger charge is 2.13. The van der Waals surface area contributed by atoms with Gasteiger partial charge in [-0.15, -0.1) is 0 Å². The summed E-state index contributed by atoms with van der Waals surface area (Å²) in [7, 11) is 2.25. The van der Waals surface area contributed by atoms with Crippen molar-refractivity contribution < 1.29 is 0 Å². The van der Waals surface area contributed by atoms with Crippen LogP contribution in [0.15, 0.2) is 28.7 Å². The molecule has 3 heteroatoms. The Morgan fingerprint density at radius 1 is 1.26 bits per heavy atom. The third-order valence-electron chi connectivity index (χ3n) is 4.01. The highest BCUT2D eigenvalue weighted by atomic mass is 79.9. The lowest BCUT2D eigenvalue weighted by atomic mass is 9.96. The van der Waals surface area contributed by atoms with Crippen LogP contribution in [0.5, 0.6) is 0 Å². The van der Waals surface area contributed by atoms with Gasteiger partial charge < -0.3 is 10.2 Å². The number of nitrogens with one attached hydrogen (secondary N) is 1. The average molecular weight is 325 g/mol. The van der Waals surface area contributed by atoms with E-state index in [4.69, 9.17) is 0 Å². The first-order valence-corrected chi connectivity index (χ1v) is 8.17. The second-order valence-corrected chi connectivity index (χ2v) is 6.60. The van der Waals surface area contributed by atoms with Crippen LogP contribution in [-0.2, 0) is 6.42 Å². The van der Waals surface area contributed by atoms with Crippen LogP contribution in [0.25, 0.3) is 0 Å². The van der Waals surface area contributed by atoms with E-state index in [1.54, 1.807) is 0 Å². The molecule has 1 N–H and O–H groups in total. The highest BCUT2D eigenvalue weighted by Crippen LogP contribution is 2.14. The SMILES string of the molecule is CN(CCc1ccc(Br)cc1)CCC1CCCNC1. The van der Waals surface area contributed by atoms with Gasteiger partial charge in [0.1, 0.15) is 0 Å². The van der Waals surface area contributed by atoms with Crippen molar-refractivity contribution in [3.8, 4) is 0 Å². The van der Waals surface area contributed by atoms with Gasteiger partial charge in [-0.1, -0.05) is 28.1 Å². The molecule has 1 aliphatic heterocycles. The number of rotatable bonds is 6. The van der Waals surface area contributed by atoms with Gasteiger partial charge in [0, 0.05) is 11.0 Å². The third kappa shape index (κ3) is 5.64. The van der Waals surface area contributed by atoms with Gasteiger partial charge in [0.25, 0.3) is 0 Å². The first-order chi connectivity index (χ1) is 9.24. The Bertz CT molecular complexity index is 358. The lowest BCUT2D eigenvalue weighted by Crippen LogP contribution is -2.32. The quantitative estimate of drug-likeness (QED) is 0.863. The highest BCUT2D eigenvalue weighted by molar-refractivity contribution is 9.10. The molecule has 0 amide bonds. The molecule has 1 fully saturated rings. The van der Waals surface area contributed by atoms with Gasteiger partial charge in [-0.05, 0) is 76.0 Å². The second-order valence-electron chi connectivity index (χ2n) is 5.68. The van der Waals surface area contributed by atoms with Gasteiger partial charge in [-0.2, -0.15) is 0 Å². The van der Waals surface area contributed by atoms with Crippen LogP contribution in [0.3, 0.4) is 0 Å². The lowest BCUT2D eigenvalue weighted by Gasteiger charge is -2.25. The van der Waals surface area contributed by atoms with Gasteiger partial charge in [0.15, 0.2) is 0 Å². The second kappa shape index (κ2) is 8.03. The molecule has 1 atom stereocenters. The Morgan fingerprint density at radius 2 is 2.05 bits per heavy atom. The molecule has 1 unspecified atom stereocenters. The van der Waals surface area contributed by atoms with Crippen molar-refractivity contribution in [1.82, 2.24) is 10.2 Å². The summed E-state index contributed by atoms with van der Waals surface area (Å²) in [6.45, 7) is 4.82. The van der Waals surface area contributed by atoms with Gasteiger partial charge in [-0.3, -0.25) is 0 Å². The zero-order valence-electron chi connectivity index (χ0n) is 11.9. The summed E-state index contributed by atoms with van der Waals surface area (Å²) in [6, 6.07) is 8.68. The Kier molecular flexibility index (Phi) is 6.35. The number of benzene rings is 1. The van der Waals surface area contributed by atoms with Crippen molar-refractivity contribution in [1.29, 1.82) is 0 Å². The summed E-state index contributed by atoms with van der Waals surface area (Å²) < 4.78 is 1.16. The standard InChI is InChI=1S/C16H25BrN2/c1-19(12-9-15-3-2-10-18-13-15)11-8-14-4-6-16(17)7-5-14/h4-7,15,18H,2-3,8-13H2,1H3. The predicted molar refractivity (Wildman–Crippen MR) is 85.6 cm³/mol. The lowest BCUT2D eigenvalue weighted by molar-refractivity contribution is 0.275. The number of piperidine rings is 1. The Balaban J connectivity index is 1.63. The molecule has 1 aromatic carbocycles. The Labute approximate surface area is 125 Å². The number of hydrogen-bond acceptors (Lipinski definition) is 2. The summed E-state index contributed by atoms with van der Waals surface area (Å²) in [4.78, 5) is 2.47. The van der Waals surface area contributed by atoms with Crippen LogP contribution in [0.2, 0.25) is 0 Å². The zero-order chi connectivity index (χ0) is 13.5. The third-order valence-corrected chi connectivity index (χ3v) is 4.54. The molecule has 1 aromatic rings. The van der Waals surface area contributed by atoms with Crippen LogP contribution in [0.4, 0.5) is 0 Å². The number of halogens is 1. The van der Waals surface area contributed by atoms with E-state index >= 15 is 0 Å². The zero-order valence-corrected chi connectivity index (χ0v) is 13.5. The summed E-state index contributed by atoms with van der Waals surface area (Å²) in [5.41, 5.74) is 1.43. The van der Waals surface area contributed by atoms with E-state index in [0.29, 0.717) is 0 Å². The summed E-state index contributed by atoms with van der Waals surface area (Å²) in [5, 5.41) is 3.50. The topological polar surface area (TPSA) is 15.3 Å². The van der Waals surface area contributed by atoms with Crippen molar-refractivity contribution in [2.24, 2.45) is 5.92 Å². The van der Waals surface area contributed by atoms with Gasteiger partial charge >= 0.3 is 0 Å². The molecule has 0 aliphatic carbocycles.